The molecule has 0 aliphatic rings. The third kappa shape index (κ3) is 17.0. The van der Waals surface area contributed by atoms with E-state index in [1.807, 2.05) is 0 Å². The Hall–Kier alpha value is 0.949. The summed E-state index contributed by atoms with van der Waals surface area (Å²) in [6.45, 7) is 6.95. The Labute approximate surface area is 141 Å². The van der Waals surface area contributed by atoms with E-state index < -0.39 is 0 Å². The molecule has 0 aromatic carbocycles. The van der Waals surface area contributed by atoms with Crippen molar-refractivity contribution in [3.63, 3.8) is 0 Å². The number of hydrogen-bond donors (Lipinski definition) is 0. The second-order valence-corrected chi connectivity index (χ2v) is 8.71. The maximum Gasteiger partial charge on any atom is 0 e. The van der Waals surface area contributed by atoms with Crippen LogP contribution >= 0.6 is 7.92 Å². The van der Waals surface area contributed by atoms with Crippen LogP contribution in [0.2, 0.25) is 0 Å². The monoisotopic (exact) mass is 349 g/mol. The molecule has 127 valence electrons. The van der Waals surface area contributed by atoms with Crippen molar-refractivity contribution in [2.45, 2.75) is 97.8 Å². The molecule has 0 rings (SSSR count). The number of hydrogen-bond acceptors (Lipinski definition) is 0. The fourth-order valence-electron chi connectivity index (χ4n) is 2.62. The van der Waals surface area contributed by atoms with E-state index in [1.165, 1.54) is 77.0 Å². The average molecular weight is 350 g/mol. The van der Waals surface area contributed by atoms with Gasteiger partial charge in [-0.2, -0.15) is 0 Å². The first-order valence-electron chi connectivity index (χ1n) is 9.07. The van der Waals surface area contributed by atoms with Gasteiger partial charge in [0, 0.05) is 17.1 Å². The first-order chi connectivity index (χ1) is 9.35. The van der Waals surface area contributed by atoms with Gasteiger partial charge in [0.15, 0.2) is 0 Å². The van der Waals surface area contributed by atoms with Crippen LogP contribution in [0.25, 0.3) is 0 Å². The van der Waals surface area contributed by atoms with Crippen molar-refractivity contribution in [3.05, 3.63) is 0 Å². The van der Waals surface area contributed by atoms with Gasteiger partial charge in [-0.25, -0.2) is 0 Å². The standard InChI is InChI=1S/C18H39P.Cu/c1-4-7-10-13-16-19(17-14-11-8-5-2)18-15-12-9-6-3;/h4-18H2,1-3H3;. The van der Waals surface area contributed by atoms with Gasteiger partial charge < -0.3 is 0 Å². The molecule has 0 aromatic heterocycles. The number of rotatable bonds is 15. The fourth-order valence-corrected chi connectivity index (χ4v) is 5.31. The smallest absolute Gasteiger partial charge is 0 e. The molecule has 0 heterocycles. The molecule has 0 unspecified atom stereocenters. The topological polar surface area (TPSA) is 0 Å². The summed E-state index contributed by atoms with van der Waals surface area (Å²) in [6.07, 6.45) is 22.2. The molecule has 0 spiro atoms. The van der Waals surface area contributed by atoms with Crippen LogP contribution in [0.3, 0.4) is 0 Å². The van der Waals surface area contributed by atoms with Gasteiger partial charge in [-0.15, -0.1) is 7.92 Å². The molecule has 0 bridgehead atoms. The molecule has 0 fully saturated rings. The van der Waals surface area contributed by atoms with Crippen LogP contribution in [0.1, 0.15) is 97.8 Å². The van der Waals surface area contributed by atoms with E-state index in [1.54, 1.807) is 18.5 Å². The summed E-state index contributed by atoms with van der Waals surface area (Å²) in [7, 11) is 0.389. The van der Waals surface area contributed by atoms with Crippen LogP contribution in [0.15, 0.2) is 0 Å². The molecule has 0 saturated carbocycles. The third-order valence-electron chi connectivity index (χ3n) is 3.98. The molecule has 0 aliphatic carbocycles. The normalized spacial score (nSPS) is 10.8. The van der Waals surface area contributed by atoms with E-state index in [-0.39, 0.29) is 17.1 Å². The van der Waals surface area contributed by atoms with Crippen molar-refractivity contribution < 1.29 is 17.1 Å². The predicted octanol–water partition coefficient (Wildman–Crippen LogP) is 7.21. The van der Waals surface area contributed by atoms with Gasteiger partial charge in [0.05, 0.1) is 0 Å². The van der Waals surface area contributed by atoms with E-state index in [0.717, 1.165) is 0 Å². The van der Waals surface area contributed by atoms with Gasteiger partial charge in [-0.05, 0) is 37.7 Å². The second-order valence-electron chi connectivity index (χ2n) is 6.02. The largest absolute Gasteiger partial charge is 0.107 e. The van der Waals surface area contributed by atoms with Crippen LogP contribution in [0.4, 0.5) is 0 Å². The van der Waals surface area contributed by atoms with E-state index in [4.69, 9.17) is 0 Å². The minimum Gasteiger partial charge on any atom is -0.107 e. The zero-order valence-corrected chi connectivity index (χ0v) is 16.2. The summed E-state index contributed by atoms with van der Waals surface area (Å²) in [4.78, 5) is 0. The molecule has 2 heteroatoms. The molecule has 0 aromatic rings. The third-order valence-corrected chi connectivity index (χ3v) is 6.83. The van der Waals surface area contributed by atoms with Crippen molar-refractivity contribution in [2.24, 2.45) is 0 Å². The van der Waals surface area contributed by atoms with Crippen LogP contribution in [-0.2, 0) is 17.1 Å². The Kier molecular flexibility index (Phi) is 23.2. The zero-order chi connectivity index (χ0) is 14.2. The van der Waals surface area contributed by atoms with Gasteiger partial charge in [0.25, 0.3) is 0 Å². The Bertz CT molecular complexity index is 133. The maximum absolute atomic E-state index is 2.32. The Morgan fingerprint density at radius 3 is 1.00 bits per heavy atom. The fraction of sp³-hybridized carbons (Fsp3) is 1.00. The van der Waals surface area contributed by atoms with Crippen molar-refractivity contribution in [2.75, 3.05) is 18.5 Å². The first kappa shape index (κ1) is 23.2. The average Bonchev–Trinajstić information content (AvgIpc) is 2.43. The molecule has 0 nitrogen and oxygen atoms in total. The van der Waals surface area contributed by atoms with E-state index in [2.05, 4.69) is 20.8 Å². The van der Waals surface area contributed by atoms with E-state index in [9.17, 15) is 0 Å². The molecular weight excluding hydrogens is 311 g/mol. The van der Waals surface area contributed by atoms with Gasteiger partial charge in [0.1, 0.15) is 0 Å². The molecule has 0 atom stereocenters. The van der Waals surface area contributed by atoms with Crippen molar-refractivity contribution in [3.8, 4) is 0 Å². The summed E-state index contributed by atoms with van der Waals surface area (Å²) < 4.78 is 0. The van der Waals surface area contributed by atoms with Crippen LogP contribution in [0.5, 0.6) is 0 Å². The Morgan fingerprint density at radius 2 is 0.750 bits per heavy atom. The summed E-state index contributed by atoms with van der Waals surface area (Å²) in [6, 6.07) is 0. The summed E-state index contributed by atoms with van der Waals surface area (Å²) in [5.41, 5.74) is 0. The van der Waals surface area contributed by atoms with Gasteiger partial charge in [-0.1, -0.05) is 78.6 Å². The quantitative estimate of drug-likeness (QED) is 0.166. The molecular formula is C18H39CuP. The Morgan fingerprint density at radius 1 is 0.450 bits per heavy atom. The molecule has 20 heavy (non-hydrogen) atoms. The van der Waals surface area contributed by atoms with Crippen molar-refractivity contribution >= 4 is 7.92 Å². The molecule has 1 radical (unpaired) electrons. The van der Waals surface area contributed by atoms with Gasteiger partial charge in [-0.3, -0.25) is 0 Å². The van der Waals surface area contributed by atoms with Gasteiger partial charge in [0.2, 0.25) is 0 Å². The zero-order valence-electron chi connectivity index (χ0n) is 14.4. The molecule has 0 amide bonds. The van der Waals surface area contributed by atoms with Gasteiger partial charge >= 0.3 is 0 Å². The summed E-state index contributed by atoms with van der Waals surface area (Å²) >= 11 is 0. The minimum absolute atomic E-state index is 0. The van der Waals surface area contributed by atoms with Crippen LogP contribution in [-0.4, -0.2) is 18.5 Å². The van der Waals surface area contributed by atoms with Crippen molar-refractivity contribution in [1.29, 1.82) is 0 Å². The summed E-state index contributed by atoms with van der Waals surface area (Å²) in [5.74, 6) is 0. The molecule has 0 saturated heterocycles. The second kappa shape index (κ2) is 19.9. The van der Waals surface area contributed by atoms with Crippen molar-refractivity contribution in [1.82, 2.24) is 0 Å². The maximum atomic E-state index is 2.32. The van der Waals surface area contributed by atoms with E-state index >= 15 is 0 Å². The number of unbranched alkanes of at least 4 members (excludes halogenated alkanes) is 9. The predicted molar refractivity (Wildman–Crippen MR) is 93.9 cm³/mol. The molecule has 0 N–H and O–H groups in total. The summed E-state index contributed by atoms with van der Waals surface area (Å²) in [5, 5.41) is 0. The minimum atomic E-state index is 0. The first-order valence-corrected chi connectivity index (χ1v) is 11.0. The molecule has 0 aliphatic heterocycles. The van der Waals surface area contributed by atoms with E-state index in [0.29, 0.717) is 7.92 Å². The SMILES string of the molecule is CCCCCCP(CCCCCC)CCCCCC.[Cu]. The van der Waals surface area contributed by atoms with Crippen LogP contribution in [0, 0.1) is 0 Å². The Balaban J connectivity index is 0. The van der Waals surface area contributed by atoms with Crippen LogP contribution < -0.4 is 0 Å².